The van der Waals surface area contributed by atoms with E-state index in [2.05, 4.69) is 5.32 Å². The van der Waals surface area contributed by atoms with Gasteiger partial charge in [-0.05, 0) is 62.7 Å². The van der Waals surface area contributed by atoms with Gasteiger partial charge in [0.05, 0.1) is 29.3 Å². The van der Waals surface area contributed by atoms with E-state index in [0.29, 0.717) is 17.1 Å². The number of amides is 1. The van der Waals surface area contributed by atoms with Gasteiger partial charge < -0.3 is 10.1 Å². The van der Waals surface area contributed by atoms with Crippen molar-refractivity contribution in [3.8, 4) is 5.75 Å². The first-order valence-electron chi connectivity index (χ1n) is 10.2. The first kappa shape index (κ1) is 23.8. The van der Waals surface area contributed by atoms with Crippen molar-refractivity contribution in [2.24, 2.45) is 0 Å². The molecule has 0 aliphatic rings. The Labute approximate surface area is 191 Å². The molecule has 0 unspecified atom stereocenters. The summed E-state index contributed by atoms with van der Waals surface area (Å²) in [4.78, 5) is 25.4. The van der Waals surface area contributed by atoms with Crippen LogP contribution >= 0.6 is 11.3 Å². The summed E-state index contributed by atoms with van der Waals surface area (Å²) < 4.78 is 33.9. The fourth-order valence-electron chi connectivity index (χ4n) is 3.62. The number of benzene rings is 2. The Morgan fingerprint density at radius 2 is 1.84 bits per heavy atom. The van der Waals surface area contributed by atoms with Gasteiger partial charge in [0.15, 0.2) is 0 Å². The normalized spacial score (nSPS) is 12.7. The number of hydrogen-bond acceptors (Lipinski definition) is 6. The fraction of sp³-hybridized carbons (Fsp3) is 0.364. The maximum absolute atomic E-state index is 13.1. The fourth-order valence-corrected chi connectivity index (χ4v) is 5.88. The number of aromatic nitrogens is 1. The quantitative estimate of drug-likeness (QED) is 0.532. The van der Waals surface area contributed by atoms with Gasteiger partial charge in [-0.3, -0.25) is 18.5 Å². The molecule has 2 aromatic carbocycles. The molecule has 0 saturated carbocycles. The Morgan fingerprint density at radius 3 is 2.38 bits per heavy atom. The van der Waals surface area contributed by atoms with Crippen LogP contribution in [0.2, 0.25) is 0 Å². The molecule has 10 heteroatoms. The van der Waals surface area contributed by atoms with Crippen molar-refractivity contribution in [1.29, 1.82) is 0 Å². The average Bonchev–Trinajstić information content (AvgIpc) is 3.06. The molecule has 172 valence electrons. The molecule has 1 N–H and O–H groups in total. The van der Waals surface area contributed by atoms with E-state index < -0.39 is 22.0 Å². The average molecular weight is 478 g/mol. The monoisotopic (exact) mass is 477 g/mol. The Bertz CT molecular complexity index is 1280. The summed E-state index contributed by atoms with van der Waals surface area (Å²) in [5, 5.41) is 2.81. The largest absolute Gasteiger partial charge is 0.497 e. The van der Waals surface area contributed by atoms with E-state index >= 15 is 0 Å². The van der Waals surface area contributed by atoms with Gasteiger partial charge in [-0.25, -0.2) is 8.42 Å². The van der Waals surface area contributed by atoms with E-state index in [4.69, 9.17) is 4.74 Å². The van der Waals surface area contributed by atoms with Crippen molar-refractivity contribution in [2.75, 3.05) is 23.0 Å². The minimum atomic E-state index is -3.74. The zero-order valence-corrected chi connectivity index (χ0v) is 20.3. The molecule has 3 rings (SSSR count). The minimum Gasteiger partial charge on any atom is -0.497 e. The molecule has 1 heterocycles. The molecule has 3 aromatic rings. The van der Waals surface area contributed by atoms with E-state index in [1.54, 1.807) is 54.0 Å². The van der Waals surface area contributed by atoms with Gasteiger partial charge in [-0.2, -0.15) is 0 Å². The Balaban J connectivity index is 1.93. The van der Waals surface area contributed by atoms with Crippen molar-refractivity contribution in [3.63, 3.8) is 0 Å². The number of carbonyl (C=O) groups excluding carboxylic acids is 1. The van der Waals surface area contributed by atoms with Gasteiger partial charge in [0.25, 0.3) is 0 Å². The van der Waals surface area contributed by atoms with Crippen LogP contribution in [-0.4, -0.2) is 38.3 Å². The Kier molecular flexibility index (Phi) is 6.94. The van der Waals surface area contributed by atoms with Crippen molar-refractivity contribution in [3.05, 3.63) is 52.1 Å². The third kappa shape index (κ3) is 4.81. The van der Waals surface area contributed by atoms with Gasteiger partial charge in [-0.1, -0.05) is 18.3 Å². The number of carbonyl (C=O) groups is 1. The molecule has 1 atom stereocenters. The first-order valence-corrected chi connectivity index (χ1v) is 12.8. The lowest BCUT2D eigenvalue weighted by atomic mass is 10.1. The molecule has 0 bridgehead atoms. The number of fused-ring (bicyclic) bond motifs is 1. The van der Waals surface area contributed by atoms with Crippen LogP contribution in [0.3, 0.4) is 0 Å². The Morgan fingerprint density at radius 1 is 1.19 bits per heavy atom. The standard InChI is InChI=1S/C22H27N3O5S2/c1-6-18(25(32(5,28)29)16-8-10-17(30-4)11-9-16)21(26)23-15-7-12-19-20(13-15)31-22(27)24(19)14(2)3/h7-14,18H,6H2,1-5H3,(H,23,26)/t18-/m0/s1. The maximum atomic E-state index is 13.1. The molecule has 0 fully saturated rings. The Hall–Kier alpha value is -2.85. The third-order valence-electron chi connectivity index (χ3n) is 5.05. The lowest BCUT2D eigenvalue weighted by Gasteiger charge is -2.30. The van der Waals surface area contributed by atoms with Crippen LogP contribution in [0.4, 0.5) is 11.4 Å². The number of ether oxygens (including phenoxy) is 1. The SMILES string of the molecule is CC[C@@H](C(=O)Nc1ccc2c(c1)sc(=O)n2C(C)C)N(c1ccc(OC)cc1)S(C)(=O)=O. The van der Waals surface area contributed by atoms with E-state index in [-0.39, 0.29) is 17.3 Å². The van der Waals surface area contributed by atoms with Gasteiger partial charge in [-0.15, -0.1) is 0 Å². The highest BCUT2D eigenvalue weighted by Crippen LogP contribution is 2.27. The molecule has 0 spiro atoms. The van der Waals surface area contributed by atoms with Crippen LogP contribution in [-0.2, 0) is 14.8 Å². The molecular formula is C22H27N3O5S2. The summed E-state index contributed by atoms with van der Waals surface area (Å²) in [6, 6.07) is 10.8. The molecule has 8 nitrogen and oxygen atoms in total. The zero-order chi connectivity index (χ0) is 23.6. The van der Waals surface area contributed by atoms with Crippen LogP contribution in [0, 0.1) is 0 Å². The summed E-state index contributed by atoms with van der Waals surface area (Å²) in [6.07, 6.45) is 1.34. The lowest BCUT2D eigenvalue weighted by molar-refractivity contribution is -0.117. The smallest absolute Gasteiger partial charge is 0.308 e. The number of nitrogens with one attached hydrogen (secondary N) is 1. The van der Waals surface area contributed by atoms with Gasteiger partial charge in [0.1, 0.15) is 11.8 Å². The van der Waals surface area contributed by atoms with Crippen LogP contribution in [0.15, 0.2) is 47.3 Å². The third-order valence-corrected chi connectivity index (χ3v) is 7.15. The number of anilines is 2. The number of nitrogens with zero attached hydrogens (tertiary/aromatic N) is 2. The number of hydrogen-bond donors (Lipinski definition) is 1. The molecule has 1 aromatic heterocycles. The number of thiazole rings is 1. The van der Waals surface area contributed by atoms with Crippen molar-refractivity contribution < 1.29 is 17.9 Å². The summed E-state index contributed by atoms with van der Waals surface area (Å²) in [5.74, 6) is 0.129. The second kappa shape index (κ2) is 9.33. The second-order valence-electron chi connectivity index (χ2n) is 7.68. The van der Waals surface area contributed by atoms with E-state index in [0.717, 1.165) is 32.1 Å². The summed E-state index contributed by atoms with van der Waals surface area (Å²) in [7, 11) is -2.22. The van der Waals surface area contributed by atoms with Crippen LogP contribution in [0.25, 0.3) is 10.2 Å². The predicted molar refractivity (Wildman–Crippen MR) is 129 cm³/mol. The molecule has 0 radical (unpaired) electrons. The lowest BCUT2D eigenvalue weighted by Crippen LogP contribution is -2.46. The topological polar surface area (TPSA) is 97.7 Å². The predicted octanol–water partition coefficient (Wildman–Crippen LogP) is 3.84. The summed E-state index contributed by atoms with van der Waals surface area (Å²) in [6.45, 7) is 5.63. The summed E-state index contributed by atoms with van der Waals surface area (Å²) in [5.41, 5.74) is 1.68. The molecule has 0 aliphatic carbocycles. The van der Waals surface area contributed by atoms with Crippen molar-refractivity contribution in [1.82, 2.24) is 4.57 Å². The second-order valence-corrected chi connectivity index (χ2v) is 10.5. The first-order chi connectivity index (χ1) is 15.1. The van der Waals surface area contributed by atoms with Crippen LogP contribution < -0.4 is 19.2 Å². The van der Waals surface area contributed by atoms with Gasteiger partial charge in [0, 0.05) is 11.7 Å². The minimum absolute atomic E-state index is 0.0222. The van der Waals surface area contributed by atoms with Crippen LogP contribution in [0.1, 0.15) is 33.2 Å². The van der Waals surface area contributed by atoms with Gasteiger partial charge in [0.2, 0.25) is 15.9 Å². The zero-order valence-electron chi connectivity index (χ0n) is 18.7. The van der Waals surface area contributed by atoms with E-state index in [1.807, 2.05) is 13.8 Å². The number of sulfonamides is 1. The molecule has 1 amide bonds. The van der Waals surface area contributed by atoms with E-state index in [1.165, 1.54) is 7.11 Å². The highest BCUT2D eigenvalue weighted by atomic mass is 32.2. The van der Waals surface area contributed by atoms with Crippen LogP contribution in [0.5, 0.6) is 5.75 Å². The summed E-state index contributed by atoms with van der Waals surface area (Å²) >= 11 is 1.11. The molecule has 32 heavy (non-hydrogen) atoms. The maximum Gasteiger partial charge on any atom is 0.308 e. The number of methoxy groups -OCH3 is 1. The van der Waals surface area contributed by atoms with Gasteiger partial charge >= 0.3 is 4.87 Å². The van der Waals surface area contributed by atoms with Crippen molar-refractivity contribution in [2.45, 2.75) is 39.3 Å². The molecular weight excluding hydrogens is 450 g/mol. The molecule has 0 aliphatic heterocycles. The van der Waals surface area contributed by atoms with Crippen molar-refractivity contribution >= 4 is 48.9 Å². The van der Waals surface area contributed by atoms with E-state index in [9.17, 15) is 18.0 Å². The number of rotatable bonds is 8. The highest BCUT2D eigenvalue weighted by Gasteiger charge is 2.31. The molecule has 0 saturated heterocycles. The highest BCUT2D eigenvalue weighted by molar-refractivity contribution is 7.92.